The molecule has 15 heavy (non-hydrogen) atoms. The fourth-order valence-electron chi connectivity index (χ4n) is 2.26. The molecule has 2 nitrogen and oxygen atoms in total. The summed E-state index contributed by atoms with van der Waals surface area (Å²) in [5.74, 6) is 0.807. The maximum Gasteiger partial charge on any atom is 0.0962 e. The lowest BCUT2D eigenvalue weighted by Crippen LogP contribution is -2.37. The Bertz CT molecular complexity index is 356. The predicted octanol–water partition coefficient (Wildman–Crippen LogP) is 3.44. The summed E-state index contributed by atoms with van der Waals surface area (Å²) in [7, 11) is 0. The zero-order chi connectivity index (χ0) is 10.8. The Morgan fingerprint density at radius 2 is 2.47 bits per heavy atom. The Kier molecular flexibility index (Phi) is 3.10. The minimum atomic E-state index is 0.402. The molecule has 0 spiro atoms. The molecule has 3 heteroatoms. The maximum atomic E-state index is 8.04. The van der Waals surface area contributed by atoms with E-state index in [1.54, 1.807) is 0 Å². The van der Waals surface area contributed by atoms with Crippen LogP contribution in [0, 0.1) is 5.41 Å². The van der Waals surface area contributed by atoms with Gasteiger partial charge in [-0.25, -0.2) is 0 Å². The average Bonchev–Trinajstić information content (AvgIpc) is 2.67. The fourth-order valence-corrected chi connectivity index (χ4v) is 3.22. The van der Waals surface area contributed by atoms with Gasteiger partial charge in [-0.1, -0.05) is 6.92 Å². The molecule has 2 rings (SSSR count). The molecule has 1 aromatic heterocycles. The lowest BCUT2D eigenvalue weighted by Gasteiger charge is -2.35. The van der Waals surface area contributed by atoms with Gasteiger partial charge in [-0.15, -0.1) is 11.3 Å². The molecule has 1 unspecified atom stereocenters. The fraction of sp³-hybridized carbons (Fsp3) is 0.583. The summed E-state index contributed by atoms with van der Waals surface area (Å²) in [5.41, 5.74) is 1.44. The molecule has 1 aromatic rings. The summed E-state index contributed by atoms with van der Waals surface area (Å²) in [4.78, 5) is 3.77. The molecule has 0 saturated heterocycles. The van der Waals surface area contributed by atoms with Crippen molar-refractivity contribution in [2.75, 3.05) is 6.54 Å². The van der Waals surface area contributed by atoms with E-state index in [1.165, 1.54) is 10.4 Å². The third kappa shape index (κ3) is 1.93. The SMILES string of the molecule is CCCC(=N)N1CCc2sccc2C1C. The summed E-state index contributed by atoms with van der Waals surface area (Å²) in [6, 6.07) is 2.62. The van der Waals surface area contributed by atoms with Crippen molar-refractivity contribution >= 4 is 17.2 Å². The quantitative estimate of drug-likeness (QED) is 0.602. The summed E-state index contributed by atoms with van der Waals surface area (Å²) in [6.07, 6.45) is 3.09. The second-order valence-electron chi connectivity index (χ2n) is 4.12. The lowest BCUT2D eigenvalue weighted by atomic mass is 10.0. The number of fused-ring (bicyclic) bond motifs is 1. The van der Waals surface area contributed by atoms with Gasteiger partial charge in [0.1, 0.15) is 0 Å². The highest BCUT2D eigenvalue weighted by molar-refractivity contribution is 7.10. The van der Waals surface area contributed by atoms with Crippen LogP contribution in [0.25, 0.3) is 0 Å². The summed E-state index contributed by atoms with van der Waals surface area (Å²) < 4.78 is 0. The van der Waals surface area contributed by atoms with Gasteiger partial charge in [0, 0.05) is 17.8 Å². The predicted molar refractivity (Wildman–Crippen MR) is 65.8 cm³/mol. The molecule has 1 aliphatic heterocycles. The van der Waals surface area contributed by atoms with Gasteiger partial charge >= 0.3 is 0 Å². The van der Waals surface area contributed by atoms with Crippen LogP contribution in [0.15, 0.2) is 11.4 Å². The number of nitrogens with zero attached hydrogens (tertiary/aromatic N) is 1. The molecule has 0 radical (unpaired) electrons. The molecule has 82 valence electrons. The van der Waals surface area contributed by atoms with Crippen LogP contribution in [0.3, 0.4) is 0 Å². The van der Waals surface area contributed by atoms with E-state index in [-0.39, 0.29) is 0 Å². The number of hydrogen-bond donors (Lipinski definition) is 1. The maximum absolute atomic E-state index is 8.04. The molecular weight excluding hydrogens is 204 g/mol. The van der Waals surface area contributed by atoms with Gasteiger partial charge in [0.15, 0.2) is 0 Å². The van der Waals surface area contributed by atoms with E-state index in [2.05, 4.69) is 30.2 Å². The Labute approximate surface area is 95.4 Å². The molecule has 1 aliphatic rings. The van der Waals surface area contributed by atoms with Gasteiger partial charge in [-0.3, -0.25) is 5.41 Å². The van der Waals surface area contributed by atoms with Crippen molar-refractivity contribution in [1.29, 1.82) is 5.41 Å². The number of rotatable bonds is 2. The van der Waals surface area contributed by atoms with Gasteiger partial charge in [-0.05, 0) is 36.8 Å². The van der Waals surface area contributed by atoms with Crippen LogP contribution in [0.2, 0.25) is 0 Å². The molecule has 0 aromatic carbocycles. The second-order valence-corrected chi connectivity index (χ2v) is 5.12. The third-order valence-electron chi connectivity index (χ3n) is 3.11. The van der Waals surface area contributed by atoms with Crippen LogP contribution in [-0.2, 0) is 6.42 Å². The highest BCUT2D eigenvalue weighted by Gasteiger charge is 2.25. The second kappa shape index (κ2) is 4.35. The van der Waals surface area contributed by atoms with Crippen LogP contribution >= 0.6 is 11.3 Å². The third-order valence-corrected chi connectivity index (χ3v) is 4.11. The van der Waals surface area contributed by atoms with E-state index < -0.39 is 0 Å². The highest BCUT2D eigenvalue weighted by Crippen LogP contribution is 2.33. The molecule has 2 heterocycles. The number of thiophene rings is 1. The van der Waals surface area contributed by atoms with Gasteiger partial charge in [0.05, 0.1) is 11.9 Å². The van der Waals surface area contributed by atoms with Gasteiger partial charge < -0.3 is 4.90 Å². The van der Waals surface area contributed by atoms with Crippen molar-refractivity contribution in [3.8, 4) is 0 Å². The van der Waals surface area contributed by atoms with Gasteiger partial charge in [0.2, 0.25) is 0 Å². The molecule has 0 saturated carbocycles. The number of hydrogen-bond acceptors (Lipinski definition) is 2. The summed E-state index contributed by atoms with van der Waals surface area (Å²) in [5, 5.41) is 10.2. The van der Waals surface area contributed by atoms with Crippen LogP contribution in [0.1, 0.15) is 43.2 Å². The zero-order valence-corrected chi connectivity index (χ0v) is 10.2. The normalized spacial score (nSPS) is 20.1. The highest BCUT2D eigenvalue weighted by atomic mass is 32.1. The van der Waals surface area contributed by atoms with Crippen molar-refractivity contribution in [1.82, 2.24) is 4.90 Å². The Morgan fingerprint density at radius 3 is 3.20 bits per heavy atom. The molecule has 0 aliphatic carbocycles. The van der Waals surface area contributed by atoms with Crippen molar-refractivity contribution in [2.24, 2.45) is 0 Å². The van der Waals surface area contributed by atoms with Crippen LogP contribution in [0.4, 0.5) is 0 Å². The van der Waals surface area contributed by atoms with Crippen LogP contribution in [0.5, 0.6) is 0 Å². The summed E-state index contributed by atoms with van der Waals surface area (Å²) in [6.45, 7) is 5.38. The van der Waals surface area contributed by atoms with E-state index in [4.69, 9.17) is 5.41 Å². The molecule has 1 atom stereocenters. The smallest absolute Gasteiger partial charge is 0.0962 e. The molecule has 0 fully saturated rings. The van der Waals surface area contributed by atoms with E-state index >= 15 is 0 Å². The van der Waals surface area contributed by atoms with E-state index in [9.17, 15) is 0 Å². The van der Waals surface area contributed by atoms with Crippen LogP contribution in [-0.4, -0.2) is 17.3 Å². The lowest BCUT2D eigenvalue weighted by molar-refractivity contribution is 0.313. The molecule has 1 N–H and O–H groups in total. The van der Waals surface area contributed by atoms with Crippen LogP contribution < -0.4 is 0 Å². The first kappa shape index (κ1) is 10.7. The van der Waals surface area contributed by atoms with E-state index in [0.29, 0.717) is 6.04 Å². The zero-order valence-electron chi connectivity index (χ0n) is 9.42. The van der Waals surface area contributed by atoms with Gasteiger partial charge in [0.25, 0.3) is 0 Å². The minimum Gasteiger partial charge on any atom is -0.353 e. The largest absolute Gasteiger partial charge is 0.353 e. The molecular formula is C12H18N2S. The Balaban J connectivity index is 2.16. The first-order valence-electron chi connectivity index (χ1n) is 5.64. The minimum absolute atomic E-state index is 0.402. The number of amidine groups is 1. The summed E-state index contributed by atoms with van der Waals surface area (Å²) >= 11 is 1.86. The first-order chi connectivity index (χ1) is 7.24. The van der Waals surface area contributed by atoms with Crippen molar-refractivity contribution in [2.45, 2.75) is 39.2 Å². The topological polar surface area (TPSA) is 27.1 Å². The first-order valence-corrected chi connectivity index (χ1v) is 6.52. The van der Waals surface area contributed by atoms with Crippen molar-refractivity contribution in [3.63, 3.8) is 0 Å². The molecule has 0 amide bonds. The van der Waals surface area contributed by atoms with Crippen molar-refractivity contribution < 1.29 is 0 Å². The monoisotopic (exact) mass is 222 g/mol. The Morgan fingerprint density at radius 1 is 1.67 bits per heavy atom. The number of nitrogens with one attached hydrogen (secondary N) is 1. The average molecular weight is 222 g/mol. The van der Waals surface area contributed by atoms with Crippen molar-refractivity contribution in [3.05, 3.63) is 21.9 Å². The standard InChI is InChI=1S/C12H18N2S/c1-3-4-12(13)14-7-5-11-10(9(14)2)6-8-15-11/h6,8-9,13H,3-5,7H2,1-2H3. The Hall–Kier alpha value is -0.830. The van der Waals surface area contributed by atoms with E-state index in [0.717, 1.165) is 31.6 Å². The molecule has 0 bridgehead atoms. The van der Waals surface area contributed by atoms with Gasteiger partial charge in [-0.2, -0.15) is 0 Å². The van der Waals surface area contributed by atoms with E-state index in [1.807, 2.05) is 11.3 Å².